The lowest BCUT2D eigenvalue weighted by atomic mass is 10.1. The quantitative estimate of drug-likeness (QED) is 0.280. The summed E-state index contributed by atoms with van der Waals surface area (Å²) in [5, 5.41) is 2.04. The third-order valence-electron chi connectivity index (χ3n) is 5.97. The molecule has 0 unspecified atom stereocenters. The van der Waals surface area contributed by atoms with Crippen LogP contribution in [0.25, 0.3) is 0 Å². The van der Waals surface area contributed by atoms with Gasteiger partial charge in [-0.05, 0) is 63.6 Å². The second-order valence-electron chi connectivity index (χ2n) is 9.46. The molecule has 0 fully saturated rings. The Kier molecular flexibility index (Phi) is 9.24. The molecule has 0 saturated carbocycles. The minimum absolute atomic E-state index is 0.0691. The van der Waals surface area contributed by atoms with Gasteiger partial charge in [-0.15, -0.1) is 0 Å². The molecule has 0 spiro atoms. The average molecular weight is 631 g/mol. The highest BCUT2D eigenvalue weighted by atomic mass is 32.2. The first kappa shape index (κ1) is 32.8. The molecular weight excluding hydrogens is 605 g/mol. The summed E-state index contributed by atoms with van der Waals surface area (Å²) in [6.45, 7) is 2.33. The van der Waals surface area contributed by atoms with Gasteiger partial charge in [0.15, 0.2) is 0 Å². The van der Waals surface area contributed by atoms with Crippen LogP contribution in [0, 0.1) is 5.82 Å². The summed E-state index contributed by atoms with van der Waals surface area (Å²) in [4.78, 5) is 23.1. The smallest absolute Gasteiger partial charge is 0.427 e. The van der Waals surface area contributed by atoms with E-state index in [0.29, 0.717) is 30.3 Å². The Morgan fingerprint density at radius 1 is 1.07 bits per heavy atom. The van der Waals surface area contributed by atoms with Crippen LogP contribution in [0.2, 0.25) is 0 Å². The third-order valence-corrected chi connectivity index (χ3v) is 7.75. The van der Waals surface area contributed by atoms with Crippen LogP contribution in [-0.4, -0.2) is 51.5 Å². The zero-order valence-electron chi connectivity index (χ0n) is 22.2. The maximum Gasteiger partial charge on any atom is 0.427 e. The number of fused-ring (bicyclic) bond motifs is 1. The van der Waals surface area contributed by atoms with E-state index in [2.05, 4.69) is 4.74 Å². The highest BCUT2D eigenvalue weighted by molar-refractivity contribution is 7.92. The highest BCUT2D eigenvalue weighted by Crippen LogP contribution is 2.41. The van der Waals surface area contributed by atoms with Gasteiger partial charge >= 0.3 is 24.4 Å². The molecule has 1 amide bonds. The number of benzene rings is 2. The van der Waals surface area contributed by atoms with E-state index in [0.717, 1.165) is 18.2 Å². The van der Waals surface area contributed by atoms with Crippen molar-refractivity contribution in [1.29, 1.82) is 0 Å². The number of hydrogen-bond donors (Lipinski definition) is 1. The van der Waals surface area contributed by atoms with Crippen LogP contribution in [0.5, 0.6) is 5.75 Å². The van der Waals surface area contributed by atoms with Crippen molar-refractivity contribution in [2.24, 2.45) is 0 Å². The van der Waals surface area contributed by atoms with Gasteiger partial charge in [0.2, 0.25) is 5.60 Å². The molecule has 17 heteroatoms. The maximum atomic E-state index is 13.9. The van der Waals surface area contributed by atoms with Crippen molar-refractivity contribution in [1.82, 2.24) is 0 Å². The number of alkyl halides is 6. The van der Waals surface area contributed by atoms with Crippen molar-refractivity contribution in [3.63, 3.8) is 0 Å². The summed E-state index contributed by atoms with van der Waals surface area (Å²) in [5.74, 6) is -2.47. The molecule has 0 bridgehead atoms. The maximum absolute atomic E-state index is 13.9. The molecule has 0 saturated heterocycles. The fourth-order valence-corrected chi connectivity index (χ4v) is 5.25. The lowest BCUT2D eigenvalue weighted by Crippen LogP contribution is -2.44. The first-order chi connectivity index (χ1) is 19.3. The number of amides is 1. The molecule has 0 radical (unpaired) electrons. The van der Waals surface area contributed by atoms with E-state index in [4.69, 9.17) is 9.47 Å². The van der Waals surface area contributed by atoms with Crippen molar-refractivity contribution in [2.75, 3.05) is 22.8 Å². The molecule has 232 valence electrons. The molecule has 1 aliphatic rings. The van der Waals surface area contributed by atoms with Crippen LogP contribution < -0.4 is 14.4 Å². The number of nitrogens with zero attached hydrogens (tertiary/aromatic N) is 1. The van der Waals surface area contributed by atoms with E-state index in [-0.39, 0.29) is 42.6 Å². The number of carbonyl (C=O) groups is 2. The Bertz CT molecular complexity index is 1440. The molecule has 2 aromatic rings. The van der Waals surface area contributed by atoms with Crippen LogP contribution in [0.1, 0.15) is 39.2 Å². The monoisotopic (exact) mass is 630 g/mol. The van der Waals surface area contributed by atoms with Crippen molar-refractivity contribution in [3.8, 4) is 5.75 Å². The van der Waals surface area contributed by atoms with E-state index in [1.807, 2.05) is 5.32 Å². The van der Waals surface area contributed by atoms with Crippen molar-refractivity contribution in [3.05, 3.63) is 47.8 Å². The zero-order valence-corrected chi connectivity index (χ0v) is 23.0. The Labute approximate surface area is 235 Å². The molecule has 42 heavy (non-hydrogen) atoms. The summed E-state index contributed by atoms with van der Waals surface area (Å²) in [7, 11) is -4.87. The lowest BCUT2D eigenvalue weighted by molar-refractivity contribution is -0.242. The van der Waals surface area contributed by atoms with Crippen molar-refractivity contribution >= 4 is 33.5 Å². The van der Waals surface area contributed by atoms with Crippen LogP contribution >= 0.6 is 0 Å². The van der Waals surface area contributed by atoms with Gasteiger partial charge in [0, 0.05) is 12.1 Å². The summed E-state index contributed by atoms with van der Waals surface area (Å²) in [5.41, 5.74) is -5.27. The largest absolute Gasteiger partial charge is 0.486 e. The Hall–Kier alpha value is -3.76. The van der Waals surface area contributed by atoms with Gasteiger partial charge in [0.05, 0.1) is 29.3 Å². The third kappa shape index (κ3) is 7.35. The highest BCUT2D eigenvalue weighted by Gasteiger charge is 2.51. The molecular formula is C25H25F7N2O7S. The summed E-state index contributed by atoms with van der Waals surface area (Å²) < 4.78 is 136. The van der Waals surface area contributed by atoms with E-state index >= 15 is 0 Å². The first-order valence-corrected chi connectivity index (χ1v) is 13.6. The number of ether oxygens (including phenoxy) is 3. The van der Waals surface area contributed by atoms with Crippen LogP contribution in [0.3, 0.4) is 0 Å². The van der Waals surface area contributed by atoms with Gasteiger partial charge in [-0.3, -0.25) is 14.4 Å². The topological polar surface area (TPSA) is 111 Å². The van der Waals surface area contributed by atoms with Gasteiger partial charge in [0.1, 0.15) is 17.7 Å². The number of anilines is 2. The fourth-order valence-electron chi connectivity index (χ4n) is 3.72. The molecule has 0 aliphatic carbocycles. The SMILES string of the molecule is CCOC(=O)CC[C@H]1CN(S(=O)(=O)c2ccc(F)c(C(F)(F)F)c2)c2cc(NC(=O)OC(C)(C)C(F)(F)F)ccc2O1. The normalized spacial score (nSPS) is 15.9. The van der Waals surface area contributed by atoms with Gasteiger partial charge in [-0.2, -0.15) is 26.3 Å². The number of esters is 1. The number of halogens is 7. The standard InChI is InChI=1S/C25H25F7N2O7S/c1-4-39-21(35)10-6-15-13-34(42(37,38)16-7-8-18(26)17(12-16)24(27,28)29)19-11-14(5-9-20(19)40-15)33-22(36)41-23(2,3)25(30,31)32/h5,7-9,11-12,15H,4,6,10,13H2,1-3H3,(H,33,36)/t15-/m0/s1. The average Bonchev–Trinajstić information content (AvgIpc) is 2.85. The van der Waals surface area contributed by atoms with Crippen molar-refractivity contribution in [2.45, 2.75) is 62.6 Å². The molecule has 1 heterocycles. The predicted molar refractivity (Wildman–Crippen MR) is 133 cm³/mol. The molecule has 1 atom stereocenters. The second kappa shape index (κ2) is 11.9. The van der Waals surface area contributed by atoms with Crippen molar-refractivity contribution < 1.29 is 63.0 Å². The molecule has 1 N–H and O–H groups in total. The Morgan fingerprint density at radius 2 is 1.74 bits per heavy atom. The predicted octanol–water partition coefficient (Wildman–Crippen LogP) is 6.03. The molecule has 1 aliphatic heterocycles. The van der Waals surface area contributed by atoms with E-state index in [1.165, 1.54) is 0 Å². The summed E-state index contributed by atoms with van der Waals surface area (Å²) >= 11 is 0. The van der Waals surface area contributed by atoms with Crippen LogP contribution in [0.15, 0.2) is 41.3 Å². The second-order valence-corrected chi connectivity index (χ2v) is 11.3. The van der Waals surface area contributed by atoms with Gasteiger partial charge in [-0.1, -0.05) is 0 Å². The molecule has 2 aromatic carbocycles. The van der Waals surface area contributed by atoms with E-state index < -0.39 is 69.0 Å². The van der Waals surface area contributed by atoms with Gasteiger partial charge < -0.3 is 14.2 Å². The number of hydrogen-bond acceptors (Lipinski definition) is 7. The Morgan fingerprint density at radius 3 is 2.33 bits per heavy atom. The fraction of sp³-hybridized carbons (Fsp3) is 0.440. The van der Waals surface area contributed by atoms with E-state index in [1.54, 1.807) is 6.92 Å². The minimum Gasteiger partial charge on any atom is -0.486 e. The number of rotatable bonds is 8. The molecule has 9 nitrogen and oxygen atoms in total. The number of carbonyl (C=O) groups excluding carboxylic acids is 2. The molecule has 3 rings (SSSR count). The lowest BCUT2D eigenvalue weighted by Gasteiger charge is -2.36. The minimum atomic E-state index is -5.22. The van der Waals surface area contributed by atoms with Gasteiger partial charge in [0.25, 0.3) is 10.0 Å². The summed E-state index contributed by atoms with van der Waals surface area (Å²) in [6, 6.07) is 4.38. The van der Waals surface area contributed by atoms with E-state index in [9.17, 15) is 48.7 Å². The Balaban J connectivity index is 2.01. The molecule has 0 aromatic heterocycles. The van der Waals surface area contributed by atoms with Crippen LogP contribution in [0.4, 0.5) is 46.9 Å². The number of sulfonamides is 1. The van der Waals surface area contributed by atoms with Crippen LogP contribution in [-0.2, 0) is 30.5 Å². The summed E-state index contributed by atoms with van der Waals surface area (Å²) in [6.07, 6.45) is -12.9. The number of nitrogens with one attached hydrogen (secondary N) is 1. The first-order valence-electron chi connectivity index (χ1n) is 12.2. The zero-order chi connectivity index (χ0) is 31.7. The van der Waals surface area contributed by atoms with Gasteiger partial charge in [-0.25, -0.2) is 17.6 Å².